The van der Waals surface area contributed by atoms with Gasteiger partial charge in [-0.2, -0.15) is 4.98 Å². The number of carbonyl (C=O) groups excluding carboxylic acids is 1. The number of aromatic nitrogens is 2. The molecule has 7 heteroatoms. The maximum absolute atomic E-state index is 12.7. The fourth-order valence-electron chi connectivity index (χ4n) is 4.01. The van der Waals surface area contributed by atoms with Crippen LogP contribution in [0.1, 0.15) is 29.9 Å². The number of piperidine rings is 1. The smallest absolute Gasteiger partial charge is 0.241 e. The van der Waals surface area contributed by atoms with Crippen molar-refractivity contribution in [2.45, 2.75) is 33.2 Å². The molecule has 2 aromatic carbocycles. The van der Waals surface area contributed by atoms with E-state index in [4.69, 9.17) is 9.26 Å². The van der Waals surface area contributed by atoms with Crippen LogP contribution in [0, 0.1) is 19.8 Å². The van der Waals surface area contributed by atoms with Crippen LogP contribution in [0.4, 0.5) is 5.69 Å². The lowest BCUT2D eigenvalue weighted by Gasteiger charge is -2.30. The number of rotatable bonds is 6. The minimum atomic E-state index is 0.0228. The Hall–Kier alpha value is -3.19. The normalized spacial score (nSPS) is 15.1. The number of likely N-dealkylation sites (tertiary alicyclic amines) is 1. The van der Waals surface area contributed by atoms with Gasteiger partial charge in [-0.1, -0.05) is 11.2 Å². The predicted octanol–water partition coefficient (Wildman–Crippen LogP) is 4.21. The van der Waals surface area contributed by atoms with E-state index in [1.807, 2.05) is 50.2 Å². The number of methoxy groups -OCH3 is 1. The minimum Gasteiger partial charge on any atom is -0.497 e. The van der Waals surface area contributed by atoms with E-state index in [0.717, 1.165) is 54.1 Å². The van der Waals surface area contributed by atoms with Crippen LogP contribution >= 0.6 is 0 Å². The molecular formula is C24H28N4O3. The van der Waals surface area contributed by atoms with Crippen LogP contribution in [-0.4, -0.2) is 41.1 Å². The number of nitrogens with zero attached hydrogens (tertiary/aromatic N) is 3. The van der Waals surface area contributed by atoms with E-state index in [9.17, 15) is 4.79 Å². The van der Waals surface area contributed by atoms with Crippen LogP contribution in [0.15, 0.2) is 47.0 Å². The largest absolute Gasteiger partial charge is 0.497 e. The van der Waals surface area contributed by atoms with Gasteiger partial charge in [-0.05, 0) is 87.3 Å². The van der Waals surface area contributed by atoms with E-state index in [1.54, 1.807) is 7.11 Å². The summed E-state index contributed by atoms with van der Waals surface area (Å²) in [4.78, 5) is 19.5. The van der Waals surface area contributed by atoms with Gasteiger partial charge in [0, 0.05) is 17.2 Å². The van der Waals surface area contributed by atoms with Crippen LogP contribution in [0.25, 0.3) is 11.4 Å². The molecule has 2 heterocycles. The van der Waals surface area contributed by atoms with Crippen LogP contribution in [-0.2, 0) is 11.3 Å². The van der Waals surface area contributed by atoms with Crippen LogP contribution in [0.2, 0.25) is 0 Å². The van der Waals surface area contributed by atoms with Crippen molar-refractivity contribution in [2.24, 2.45) is 5.92 Å². The summed E-state index contributed by atoms with van der Waals surface area (Å²) in [5.41, 5.74) is 4.07. The SMILES string of the molecule is COc1ccc(-c2noc(CN3CCC(C(=O)Nc4cc(C)cc(C)c4)CC3)n2)cc1. The molecule has 1 aliphatic rings. The highest BCUT2D eigenvalue weighted by Crippen LogP contribution is 2.23. The lowest BCUT2D eigenvalue weighted by molar-refractivity contribution is -0.121. The minimum absolute atomic E-state index is 0.0228. The molecule has 0 bridgehead atoms. The zero-order chi connectivity index (χ0) is 21.8. The van der Waals surface area contributed by atoms with E-state index >= 15 is 0 Å². The van der Waals surface area contributed by atoms with Crippen LogP contribution < -0.4 is 10.1 Å². The van der Waals surface area contributed by atoms with Gasteiger partial charge in [0.15, 0.2) is 0 Å². The third kappa shape index (κ3) is 5.30. The standard InChI is InChI=1S/C24H28N4O3/c1-16-12-17(2)14-20(13-16)25-24(29)19-8-10-28(11-9-19)15-22-26-23(27-31-22)18-4-6-21(30-3)7-5-18/h4-7,12-14,19H,8-11,15H2,1-3H3,(H,25,29). The van der Waals surface area contributed by atoms with Gasteiger partial charge >= 0.3 is 0 Å². The van der Waals surface area contributed by atoms with E-state index in [1.165, 1.54) is 0 Å². The summed E-state index contributed by atoms with van der Waals surface area (Å²) >= 11 is 0. The third-order valence-corrected chi connectivity index (χ3v) is 5.62. The molecule has 0 saturated carbocycles. The second kappa shape index (κ2) is 9.31. The summed E-state index contributed by atoms with van der Waals surface area (Å²) in [6.07, 6.45) is 1.63. The van der Waals surface area contributed by atoms with E-state index < -0.39 is 0 Å². The first-order valence-electron chi connectivity index (χ1n) is 10.6. The molecule has 1 saturated heterocycles. The summed E-state index contributed by atoms with van der Waals surface area (Å²) in [6.45, 7) is 6.32. The number of carbonyl (C=O) groups is 1. The molecule has 3 aromatic rings. The quantitative estimate of drug-likeness (QED) is 0.643. The van der Waals surface area contributed by atoms with E-state index in [2.05, 4.69) is 26.4 Å². The second-order valence-corrected chi connectivity index (χ2v) is 8.16. The van der Waals surface area contributed by atoms with Gasteiger partial charge in [-0.25, -0.2) is 0 Å². The Morgan fingerprint density at radius 3 is 2.45 bits per heavy atom. The number of anilines is 1. The van der Waals surface area contributed by atoms with Gasteiger partial charge in [-0.3, -0.25) is 9.69 Å². The second-order valence-electron chi connectivity index (χ2n) is 8.16. The maximum atomic E-state index is 12.7. The van der Waals surface area contributed by atoms with Crippen LogP contribution in [0.3, 0.4) is 0 Å². The Kier molecular flexibility index (Phi) is 6.32. The van der Waals surface area contributed by atoms with E-state index in [-0.39, 0.29) is 11.8 Å². The molecule has 1 aromatic heterocycles. The molecule has 0 aliphatic carbocycles. The highest BCUT2D eigenvalue weighted by molar-refractivity contribution is 5.92. The summed E-state index contributed by atoms with van der Waals surface area (Å²) < 4.78 is 10.6. The Labute approximate surface area is 182 Å². The van der Waals surface area contributed by atoms with Gasteiger partial charge in [-0.15, -0.1) is 0 Å². The fraction of sp³-hybridized carbons (Fsp3) is 0.375. The van der Waals surface area contributed by atoms with Crippen molar-refractivity contribution in [1.82, 2.24) is 15.0 Å². The number of aryl methyl sites for hydroxylation is 2. The molecule has 1 N–H and O–H groups in total. The number of hydrogen-bond donors (Lipinski definition) is 1. The highest BCUT2D eigenvalue weighted by atomic mass is 16.5. The predicted molar refractivity (Wildman–Crippen MR) is 119 cm³/mol. The molecule has 0 atom stereocenters. The zero-order valence-corrected chi connectivity index (χ0v) is 18.2. The summed E-state index contributed by atoms with van der Waals surface area (Å²) in [5.74, 6) is 2.07. The van der Waals surface area contributed by atoms with Gasteiger partial charge in [0.1, 0.15) is 5.75 Å². The van der Waals surface area contributed by atoms with Crippen molar-refractivity contribution in [2.75, 3.05) is 25.5 Å². The van der Waals surface area contributed by atoms with Crippen molar-refractivity contribution in [3.63, 3.8) is 0 Å². The average Bonchev–Trinajstić information content (AvgIpc) is 3.22. The monoisotopic (exact) mass is 420 g/mol. The molecule has 1 fully saturated rings. The van der Waals surface area contributed by atoms with Crippen molar-refractivity contribution in [1.29, 1.82) is 0 Å². The molecule has 4 rings (SSSR count). The molecule has 0 unspecified atom stereocenters. The number of benzene rings is 2. The van der Waals surface area contributed by atoms with Crippen LogP contribution in [0.5, 0.6) is 5.75 Å². The summed E-state index contributed by atoms with van der Waals surface area (Å²) in [7, 11) is 1.64. The number of hydrogen-bond acceptors (Lipinski definition) is 6. The lowest BCUT2D eigenvalue weighted by atomic mass is 9.95. The molecule has 0 radical (unpaired) electrons. The molecule has 1 aliphatic heterocycles. The number of nitrogens with one attached hydrogen (secondary N) is 1. The Bertz CT molecular complexity index is 1020. The molecule has 31 heavy (non-hydrogen) atoms. The number of amides is 1. The van der Waals surface area contributed by atoms with Gasteiger partial charge in [0.25, 0.3) is 0 Å². The Balaban J connectivity index is 1.29. The first-order chi connectivity index (χ1) is 15.0. The fourth-order valence-corrected chi connectivity index (χ4v) is 4.01. The Morgan fingerprint density at radius 2 is 1.81 bits per heavy atom. The molecule has 7 nitrogen and oxygen atoms in total. The van der Waals surface area contributed by atoms with Crippen molar-refractivity contribution < 1.29 is 14.1 Å². The topological polar surface area (TPSA) is 80.5 Å². The third-order valence-electron chi connectivity index (χ3n) is 5.62. The first kappa shape index (κ1) is 21.1. The summed E-state index contributed by atoms with van der Waals surface area (Å²) in [5, 5.41) is 7.17. The van der Waals surface area contributed by atoms with E-state index in [0.29, 0.717) is 18.3 Å². The average molecular weight is 421 g/mol. The van der Waals surface area contributed by atoms with Gasteiger partial charge in [0.05, 0.1) is 13.7 Å². The zero-order valence-electron chi connectivity index (χ0n) is 18.2. The van der Waals surface area contributed by atoms with Crippen molar-refractivity contribution in [3.8, 4) is 17.1 Å². The van der Waals surface area contributed by atoms with Crippen molar-refractivity contribution in [3.05, 3.63) is 59.5 Å². The molecule has 0 spiro atoms. The van der Waals surface area contributed by atoms with Crippen molar-refractivity contribution >= 4 is 11.6 Å². The first-order valence-corrected chi connectivity index (χ1v) is 10.6. The maximum Gasteiger partial charge on any atom is 0.241 e. The molecule has 1 amide bonds. The molecular weight excluding hydrogens is 392 g/mol. The number of ether oxygens (including phenoxy) is 1. The summed E-state index contributed by atoms with van der Waals surface area (Å²) in [6, 6.07) is 13.7. The highest BCUT2D eigenvalue weighted by Gasteiger charge is 2.26. The van der Waals surface area contributed by atoms with Gasteiger partial charge in [0.2, 0.25) is 17.6 Å². The Morgan fingerprint density at radius 1 is 1.13 bits per heavy atom. The molecule has 162 valence electrons. The van der Waals surface area contributed by atoms with Gasteiger partial charge < -0.3 is 14.6 Å². The lowest BCUT2D eigenvalue weighted by Crippen LogP contribution is -2.37.